The van der Waals surface area contributed by atoms with Gasteiger partial charge in [-0.1, -0.05) is 30.3 Å². The second-order valence-corrected chi connectivity index (χ2v) is 4.23. The summed E-state index contributed by atoms with van der Waals surface area (Å²) >= 11 is 0. The average molecular weight is 245 g/mol. The van der Waals surface area contributed by atoms with Crippen molar-refractivity contribution in [1.29, 1.82) is 0 Å². The van der Waals surface area contributed by atoms with Crippen LogP contribution in [-0.2, 0) is 9.59 Å². The first-order valence-corrected chi connectivity index (χ1v) is 5.78. The molecule has 2 N–H and O–H groups in total. The van der Waals surface area contributed by atoms with Gasteiger partial charge in [0.05, 0.1) is 0 Å². The van der Waals surface area contributed by atoms with E-state index in [1.54, 1.807) is 0 Å². The van der Waals surface area contributed by atoms with E-state index in [0.717, 1.165) is 10.5 Å². The third-order valence-corrected chi connectivity index (χ3v) is 2.99. The van der Waals surface area contributed by atoms with Crippen molar-refractivity contribution in [3.05, 3.63) is 35.9 Å². The Morgan fingerprint density at radius 3 is 2.67 bits per heavy atom. The monoisotopic (exact) mass is 245 g/mol. The highest BCUT2D eigenvalue weighted by Gasteiger charge is 2.31. The zero-order valence-corrected chi connectivity index (χ0v) is 10.2. The summed E-state index contributed by atoms with van der Waals surface area (Å²) in [6, 6.07) is 8.72. The van der Waals surface area contributed by atoms with E-state index in [2.05, 4.69) is 4.99 Å². The second kappa shape index (κ2) is 5.00. The number of hydrogen-bond acceptors (Lipinski definition) is 3. The summed E-state index contributed by atoms with van der Waals surface area (Å²) in [5, 5.41) is 0. The van der Waals surface area contributed by atoms with Crippen LogP contribution in [0.2, 0.25) is 0 Å². The lowest BCUT2D eigenvalue weighted by molar-refractivity contribution is -0.147. The number of amides is 2. The standard InChI is InChI=1S/C13H15N3O2/c1-16-11(17)8-7-10(13(16)18)15-12(14)9-5-3-2-4-6-9/h2-6,10H,7-8H2,1H3,(H2,14,15). The van der Waals surface area contributed by atoms with E-state index in [9.17, 15) is 9.59 Å². The minimum absolute atomic E-state index is 0.162. The Bertz CT molecular complexity index is 496. The summed E-state index contributed by atoms with van der Waals surface area (Å²) in [7, 11) is 1.48. The number of piperidine rings is 1. The molecule has 0 spiro atoms. The molecule has 0 saturated carbocycles. The molecule has 1 aliphatic heterocycles. The minimum Gasteiger partial charge on any atom is -0.383 e. The quantitative estimate of drug-likeness (QED) is 0.469. The Kier molecular flexibility index (Phi) is 3.41. The van der Waals surface area contributed by atoms with Crippen molar-refractivity contribution < 1.29 is 9.59 Å². The van der Waals surface area contributed by atoms with E-state index in [-0.39, 0.29) is 11.8 Å². The SMILES string of the molecule is CN1C(=O)CCC(N=C(N)c2ccccc2)C1=O. The zero-order valence-electron chi connectivity index (χ0n) is 10.2. The number of likely N-dealkylation sites (N-methyl/N-ethyl adjacent to an activating group) is 1. The van der Waals surface area contributed by atoms with Crippen molar-refractivity contribution in [2.75, 3.05) is 7.05 Å². The van der Waals surface area contributed by atoms with Gasteiger partial charge in [-0.15, -0.1) is 0 Å². The number of benzene rings is 1. The van der Waals surface area contributed by atoms with Crippen molar-refractivity contribution in [2.24, 2.45) is 10.7 Å². The Hall–Kier alpha value is -2.17. The number of rotatable bonds is 2. The number of imide groups is 1. The first-order chi connectivity index (χ1) is 8.59. The molecule has 1 fully saturated rings. The molecule has 94 valence electrons. The van der Waals surface area contributed by atoms with Gasteiger partial charge in [-0.05, 0) is 6.42 Å². The van der Waals surface area contributed by atoms with Crippen LogP contribution in [0.4, 0.5) is 0 Å². The van der Waals surface area contributed by atoms with Crippen LogP contribution < -0.4 is 5.73 Å². The summed E-state index contributed by atoms with van der Waals surface area (Å²) in [5.41, 5.74) is 6.64. The highest BCUT2D eigenvalue weighted by molar-refractivity contribution is 6.03. The number of aliphatic imine (C=N–C) groups is 1. The third-order valence-electron chi connectivity index (χ3n) is 2.99. The van der Waals surface area contributed by atoms with Gasteiger partial charge in [0.15, 0.2) is 0 Å². The Morgan fingerprint density at radius 1 is 1.33 bits per heavy atom. The first-order valence-electron chi connectivity index (χ1n) is 5.78. The van der Waals surface area contributed by atoms with Crippen molar-refractivity contribution >= 4 is 17.6 Å². The van der Waals surface area contributed by atoms with Gasteiger partial charge in [-0.25, -0.2) is 0 Å². The topological polar surface area (TPSA) is 75.8 Å². The van der Waals surface area contributed by atoms with Gasteiger partial charge in [-0.2, -0.15) is 0 Å². The summed E-state index contributed by atoms with van der Waals surface area (Å²) in [6.07, 6.45) is 0.758. The molecular formula is C13H15N3O2. The van der Waals surface area contributed by atoms with Crippen LogP contribution in [0.3, 0.4) is 0 Å². The molecule has 18 heavy (non-hydrogen) atoms. The van der Waals surface area contributed by atoms with Gasteiger partial charge >= 0.3 is 0 Å². The van der Waals surface area contributed by atoms with Gasteiger partial charge in [0.2, 0.25) is 5.91 Å². The van der Waals surface area contributed by atoms with E-state index in [4.69, 9.17) is 5.73 Å². The molecule has 2 rings (SSSR count). The molecule has 2 amide bonds. The normalized spacial score (nSPS) is 21.3. The predicted molar refractivity (Wildman–Crippen MR) is 68.0 cm³/mol. The van der Waals surface area contributed by atoms with Crippen LogP contribution in [0.15, 0.2) is 35.3 Å². The molecular weight excluding hydrogens is 230 g/mol. The molecule has 1 aliphatic rings. The lowest BCUT2D eigenvalue weighted by Crippen LogP contribution is -2.45. The molecule has 5 nitrogen and oxygen atoms in total. The Balaban J connectivity index is 2.18. The van der Waals surface area contributed by atoms with Crippen molar-refractivity contribution in [2.45, 2.75) is 18.9 Å². The summed E-state index contributed by atoms with van der Waals surface area (Å²) in [6.45, 7) is 0. The molecule has 1 heterocycles. The maximum Gasteiger partial charge on any atom is 0.253 e. The van der Waals surface area contributed by atoms with Crippen molar-refractivity contribution in [3.8, 4) is 0 Å². The van der Waals surface area contributed by atoms with Crippen LogP contribution >= 0.6 is 0 Å². The zero-order chi connectivity index (χ0) is 13.1. The fraction of sp³-hybridized carbons (Fsp3) is 0.308. The van der Waals surface area contributed by atoms with E-state index in [1.165, 1.54) is 7.05 Å². The number of carbonyl (C=O) groups excluding carboxylic acids is 2. The van der Waals surface area contributed by atoms with Crippen LogP contribution in [0.25, 0.3) is 0 Å². The smallest absolute Gasteiger partial charge is 0.253 e. The van der Waals surface area contributed by atoms with E-state index < -0.39 is 6.04 Å². The van der Waals surface area contributed by atoms with Gasteiger partial charge in [-0.3, -0.25) is 19.5 Å². The van der Waals surface area contributed by atoms with Crippen LogP contribution in [0.5, 0.6) is 0 Å². The van der Waals surface area contributed by atoms with Crippen LogP contribution in [-0.4, -0.2) is 35.6 Å². The molecule has 0 aromatic heterocycles. The Morgan fingerprint density at radius 2 is 2.00 bits per heavy atom. The van der Waals surface area contributed by atoms with Gasteiger partial charge in [0.1, 0.15) is 11.9 Å². The number of nitrogens with zero attached hydrogens (tertiary/aromatic N) is 2. The van der Waals surface area contributed by atoms with Gasteiger partial charge in [0, 0.05) is 19.0 Å². The van der Waals surface area contributed by atoms with E-state index in [0.29, 0.717) is 18.7 Å². The highest BCUT2D eigenvalue weighted by atomic mass is 16.2. The maximum absolute atomic E-state index is 11.8. The fourth-order valence-electron chi connectivity index (χ4n) is 1.87. The highest BCUT2D eigenvalue weighted by Crippen LogP contribution is 2.15. The molecule has 1 aromatic carbocycles. The summed E-state index contributed by atoms with van der Waals surface area (Å²) in [4.78, 5) is 28.5. The predicted octanol–water partition coefficient (Wildman–Crippen LogP) is 0.539. The first kappa shape index (κ1) is 12.3. The molecule has 1 saturated heterocycles. The number of amidine groups is 1. The van der Waals surface area contributed by atoms with Crippen LogP contribution in [0.1, 0.15) is 18.4 Å². The lowest BCUT2D eigenvalue weighted by atomic mass is 10.1. The van der Waals surface area contributed by atoms with Crippen molar-refractivity contribution in [3.63, 3.8) is 0 Å². The molecule has 1 atom stereocenters. The lowest BCUT2D eigenvalue weighted by Gasteiger charge is -2.25. The minimum atomic E-state index is -0.548. The molecule has 5 heteroatoms. The number of hydrogen-bond donors (Lipinski definition) is 1. The Labute approximate surface area is 105 Å². The average Bonchev–Trinajstić information content (AvgIpc) is 2.40. The third kappa shape index (κ3) is 2.40. The number of carbonyl (C=O) groups is 2. The number of nitrogens with two attached hydrogens (primary N) is 1. The second-order valence-electron chi connectivity index (χ2n) is 4.23. The molecule has 0 radical (unpaired) electrons. The van der Waals surface area contributed by atoms with Gasteiger partial charge < -0.3 is 5.73 Å². The molecule has 0 aliphatic carbocycles. The summed E-state index contributed by atoms with van der Waals surface area (Å²) in [5.74, 6) is -0.119. The summed E-state index contributed by atoms with van der Waals surface area (Å²) < 4.78 is 0. The van der Waals surface area contributed by atoms with Crippen molar-refractivity contribution in [1.82, 2.24) is 4.90 Å². The van der Waals surface area contributed by atoms with Crippen LogP contribution in [0, 0.1) is 0 Å². The van der Waals surface area contributed by atoms with E-state index in [1.807, 2.05) is 30.3 Å². The molecule has 1 unspecified atom stereocenters. The molecule has 0 bridgehead atoms. The van der Waals surface area contributed by atoms with E-state index >= 15 is 0 Å². The fourth-order valence-corrected chi connectivity index (χ4v) is 1.87. The van der Waals surface area contributed by atoms with Gasteiger partial charge in [0.25, 0.3) is 5.91 Å². The largest absolute Gasteiger partial charge is 0.383 e. The molecule has 1 aromatic rings. The number of likely N-dealkylation sites (tertiary alicyclic amines) is 1. The maximum atomic E-state index is 11.8.